The van der Waals surface area contributed by atoms with Crippen molar-refractivity contribution in [1.82, 2.24) is 5.32 Å². The molecule has 0 spiro atoms. The smallest absolute Gasteiger partial charge is 0.143 e. The van der Waals surface area contributed by atoms with Crippen LogP contribution in [0.3, 0.4) is 0 Å². The van der Waals surface area contributed by atoms with E-state index in [9.17, 15) is 4.79 Å². The van der Waals surface area contributed by atoms with E-state index in [0.717, 1.165) is 51.6 Å². The quantitative estimate of drug-likeness (QED) is 0.752. The molecule has 0 bridgehead atoms. The minimum Gasteiger partial charge on any atom is -0.316 e. The van der Waals surface area contributed by atoms with Gasteiger partial charge in [0.05, 0.1) is 0 Å². The zero-order chi connectivity index (χ0) is 12.0. The van der Waals surface area contributed by atoms with E-state index < -0.39 is 0 Å². The first-order valence-corrected chi connectivity index (χ1v) is 6.91. The second-order valence-corrected chi connectivity index (χ2v) is 5.36. The second kappa shape index (κ2) is 6.39. The summed E-state index contributed by atoms with van der Waals surface area (Å²) in [6, 6.07) is 0. The molecule has 1 saturated heterocycles. The molecule has 0 saturated carbocycles. The molecule has 1 aliphatic rings. The Labute approximate surface area is 100 Å². The van der Waals surface area contributed by atoms with Crippen LogP contribution < -0.4 is 5.32 Å². The molecule has 1 aliphatic heterocycles. The van der Waals surface area contributed by atoms with Crippen molar-refractivity contribution in [2.75, 3.05) is 13.1 Å². The van der Waals surface area contributed by atoms with Crippen molar-refractivity contribution in [2.24, 2.45) is 11.3 Å². The molecule has 2 heteroatoms. The largest absolute Gasteiger partial charge is 0.316 e. The van der Waals surface area contributed by atoms with Gasteiger partial charge in [-0.05, 0) is 32.2 Å². The highest BCUT2D eigenvalue weighted by molar-refractivity contribution is 5.87. The van der Waals surface area contributed by atoms with E-state index in [0.29, 0.717) is 5.78 Å². The van der Waals surface area contributed by atoms with Gasteiger partial charge in [-0.3, -0.25) is 4.79 Å². The lowest BCUT2D eigenvalue weighted by Gasteiger charge is -2.38. The molecular weight excluding hydrogens is 198 g/mol. The van der Waals surface area contributed by atoms with Crippen molar-refractivity contribution in [1.29, 1.82) is 0 Å². The van der Waals surface area contributed by atoms with Gasteiger partial charge in [-0.2, -0.15) is 0 Å². The van der Waals surface area contributed by atoms with Crippen LogP contribution in [0.5, 0.6) is 0 Å². The van der Waals surface area contributed by atoms with E-state index in [-0.39, 0.29) is 11.3 Å². The molecular formula is C14H27NO. The van der Waals surface area contributed by atoms with Crippen molar-refractivity contribution in [3.05, 3.63) is 0 Å². The molecule has 2 atom stereocenters. The Balaban J connectivity index is 2.71. The van der Waals surface area contributed by atoms with Crippen LogP contribution in [0.1, 0.15) is 59.3 Å². The van der Waals surface area contributed by atoms with Gasteiger partial charge >= 0.3 is 0 Å². The van der Waals surface area contributed by atoms with Crippen molar-refractivity contribution in [3.8, 4) is 0 Å². The summed E-state index contributed by atoms with van der Waals surface area (Å²) in [5.41, 5.74) is -0.0401. The molecule has 1 N–H and O–H groups in total. The molecule has 0 aromatic rings. The first-order chi connectivity index (χ1) is 7.66. The van der Waals surface area contributed by atoms with Crippen molar-refractivity contribution in [2.45, 2.75) is 59.3 Å². The molecule has 0 amide bonds. The number of Topliss-reactive ketones (excluding diaryl/α,β-unsaturated/α-hetero) is 1. The number of rotatable bonds is 6. The van der Waals surface area contributed by atoms with Crippen LogP contribution in [0.15, 0.2) is 0 Å². The van der Waals surface area contributed by atoms with E-state index in [1.165, 1.54) is 0 Å². The molecule has 2 nitrogen and oxygen atoms in total. The van der Waals surface area contributed by atoms with E-state index in [2.05, 4.69) is 26.1 Å². The summed E-state index contributed by atoms with van der Waals surface area (Å²) < 4.78 is 0. The fraction of sp³-hybridized carbons (Fsp3) is 0.929. The SMILES string of the molecule is CCCC(C)C(=O)C1(CCC)CCCNC1. The molecule has 16 heavy (non-hydrogen) atoms. The maximum atomic E-state index is 12.6. The van der Waals surface area contributed by atoms with Gasteiger partial charge in [-0.25, -0.2) is 0 Å². The Morgan fingerprint density at radius 2 is 2.12 bits per heavy atom. The molecule has 1 heterocycles. The topological polar surface area (TPSA) is 29.1 Å². The summed E-state index contributed by atoms with van der Waals surface area (Å²) in [6.07, 6.45) is 6.59. The standard InChI is InChI=1S/C14H27NO/c1-4-7-12(3)13(16)14(8-5-2)9-6-10-15-11-14/h12,15H,4-11H2,1-3H3. The highest BCUT2D eigenvalue weighted by Gasteiger charge is 2.40. The third-order valence-electron chi connectivity index (χ3n) is 3.89. The number of hydrogen-bond donors (Lipinski definition) is 1. The number of carbonyl (C=O) groups is 1. The molecule has 0 aliphatic carbocycles. The van der Waals surface area contributed by atoms with Gasteiger partial charge in [0.25, 0.3) is 0 Å². The number of ketones is 1. The number of hydrogen-bond acceptors (Lipinski definition) is 2. The third kappa shape index (κ3) is 3.07. The monoisotopic (exact) mass is 225 g/mol. The Morgan fingerprint density at radius 3 is 2.62 bits per heavy atom. The lowest BCUT2D eigenvalue weighted by atomic mass is 9.69. The zero-order valence-corrected chi connectivity index (χ0v) is 11.1. The van der Waals surface area contributed by atoms with Crippen molar-refractivity contribution < 1.29 is 4.79 Å². The van der Waals surface area contributed by atoms with E-state index >= 15 is 0 Å². The van der Waals surface area contributed by atoms with Crippen molar-refractivity contribution in [3.63, 3.8) is 0 Å². The molecule has 2 unspecified atom stereocenters. The van der Waals surface area contributed by atoms with Gasteiger partial charge in [-0.1, -0.05) is 33.6 Å². The summed E-state index contributed by atoms with van der Waals surface area (Å²) in [6.45, 7) is 8.45. The predicted molar refractivity (Wildman–Crippen MR) is 68.5 cm³/mol. The summed E-state index contributed by atoms with van der Waals surface area (Å²) in [5.74, 6) is 0.764. The highest BCUT2D eigenvalue weighted by Crippen LogP contribution is 2.36. The van der Waals surface area contributed by atoms with Crippen LogP contribution in [-0.2, 0) is 4.79 Å². The maximum Gasteiger partial charge on any atom is 0.143 e. The summed E-state index contributed by atoms with van der Waals surface area (Å²) >= 11 is 0. The first-order valence-electron chi connectivity index (χ1n) is 6.91. The minimum absolute atomic E-state index is 0.0401. The normalized spacial score (nSPS) is 27.7. The first kappa shape index (κ1) is 13.7. The maximum absolute atomic E-state index is 12.6. The molecule has 94 valence electrons. The summed E-state index contributed by atoms with van der Waals surface area (Å²) in [5, 5.41) is 3.42. The van der Waals surface area contributed by atoms with Crippen LogP contribution in [0, 0.1) is 11.3 Å². The predicted octanol–water partition coefficient (Wildman–Crippen LogP) is 3.16. The van der Waals surface area contributed by atoms with Crippen LogP contribution in [0.4, 0.5) is 0 Å². The minimum atomic E-state index is -0.0401. The van der Waals surface area contributed by atoms with E-state index in [1.807, 2.05) is 0 Å². The molecule has 0 aromatic heterocycles. The average molecular weight is 225 g/mol. The van der Waals surface area contributed by atoms with E-state index in [4.69, 9.17) is 0 Å². The molecule has 1 fully saturated rings. The average Bonchev–Trinajstić information content (AvgIpc) is 2.30. The Morgan fingerprint density at radius 1 is 1.38 bits per heavy atom. The fourth-order valence-corrected chi connectivity index (χ4v) is 3.08. The fourth-order valence-electron chi connectivity index (χ4n) is 3.08. The lowest BCUT2D eigenvalue weighted by Crippen LogP contribution is -2.47. The van der Waals surface area contributed by atoms with Crippen LogP contribution in [0.25, 0.3) is 0 Å². The van der Waals surface area contributed by atoms with Gasteiger partial charge in [-0.15, -0.1) is 0 Å². The van der Waals surface area contributed by atoms with E-state index in [1.54, 1.807) is 0 Å². The Hall–Kier alpha value is -0.370. The van der Waals surface area contributed by atoms with Gasteiger partial charge in [0.15, 0.2) is 0 Å². The highest BCUT2D eigenvalue weighted by atomic mass is 16.1. The van der Waals surface area contributed by atoms with Crippen LogP contribution in [-0.4, -0.2) is 18.9 Å². The van der Waals surface area contributed by atoms with Gasteiger partial charge in [0.1, 0.15) is 5.78 Å². The summed E-state index contributed by atoms with van der Waals surface area (Å²) in [7, 11) is 0. The molecule has 1 rings (SSSR count). The Kier molecular flexibility index (Phi) is 5.47. The van der Waals surface area contributed by atoms with Gasteiger partial charge in [0.2, 0.25) is 0 Å². The van der Waals surface area contributed by atoms with Crippen molar-refractivity contribution >= 4 is 5.78 Å². The van der Waals surface area contributed by atoms with Gasteiger partial charge < -0.3 is 5.32 Å². The number of carbonyl (C=O) groups excluding carboxylic acids is 1. The summed E-state index contributed by atoms with van der Waals surface area (Å²) in [4.78, 5) is 12.6. The second-order valence-electron chi connectivity index (χ2n) is 5.36. The Bertz CT molecular complexity index is 213. The number of piperidine rings is 1. The van der Waals surface area contributed by atoms with Crippen LogP contribution >= 0.6 is 0 Å². The molecule has 0 radical (unpaired) electrons. The van der Waals surface area contributed by atoms with Crippen LogP contribution in [0.2, 0.25) is 0 Å². The molecule has 0 aromatic carbocycles. The van der Waals surface area contributed by atoms with Gasteiger partial charge in [0, 0.05) is 17.9 Å². The zero-order valence-electron chi connectivity index (χ0n) is 11.1. The number of nitrogens with one attached hydrogen (secondary N) is 1. The third-order valence-corrected chi connectivity index (χ3v) is 3.89. The lowest BCUT2D eigenvalue weighted by molar-refractivity contribution is -0.134.